The summed E-state index contributed by atoms with van der Waals surface area (Å²) in [5.41, 5.74) is 4.88. The van der Waals surface area contributed by atoms with E-state index in [0.29, 0.717) is 42.5 Å². The SMILES string of the molecule is CNC(=O)c1ccc(-c2cc(C)nc([C@@H]3CN(C(=O)c4cnc(C)nc4C)CCO3)c2)cn1. The number of amides is 2. The first kappa shape index (κ1) is 22.5. The summed E-state index contributed by atoms with van der Waals surface area (Å²) in [6.45, 7) is 6.82. The molecule has 0 aliphatic carbocycles. The molecule has 0 bridgehead atoms. The smallest absolute Gasteiger partial charge is 0.269 e. The average Bonchev–Trinajstić information content (AvgIpc) is 2.83. The summed E-state index contributed by atoms with van der Waals surface area (Å²) in [5.74, 6) is 0.295. The molecule has 0 aromatic carbocycles. The lowest BCUT2D eigenvalue weighted by atomic mass is 10.0. The molecule has 0 unspecified atom stereocenters. The lowest BCUT2D eigenvalue weighted by Gasteiger charge is -2.33. The number of pyridine rings is 2. The Kier molecular flexibility index (Phi) is 6.41. The Labute approximate surface area is 192 Å². The minimum Gasteiger partial charge on any atom is -0.368 e. The van der Waals surface area contributed by atoms with Gasteiger partial charge in [-0.2, -0.15) is 0 Å². The third kappa shape index (κ3) is 4.88. The van der Waals surface area contributed by atoms with E-state index in [9.17, 15) is 9.59 Å². The van der Waals surface area contributed by atoms with Gasteiger partial charge in [-0.1, -0.05) is 6.07 Å². The minimum atomic E-state index is -0.355. The fourth-order valence-corrected chi connectivity index (χ4v) is 3.83. The highest BCUT2D eigenvalue weighted by molar-refractivity contribution is 5.95. The van der Waals surface area contributed by atoms with Crippen LogP contribution >= 0.6 is 0 Å². The number of morpholine rings is 1. The Morgan fingerprint density at radius 3 is 2.58 bits per heavy atom. The van der Waals surface area contributed by atoms with Crippen LogP contribution in [0.3, 0.4) is 0 Å². The van der Waals surface area contributed by atoms with E-state index in [0.717, 1.165) is 22.5 Å². The fraction of sp³-hybridized carbons (Fsp3) is 0.333. The van der Waals surface area contributed by atoms with Gasteiger partial charge in [0.1, 0.15) is 17.6 Å². The van der Waals surface area contributed by atoms with Gasteiger partial charge in [0.25, 0.3) is 11.8 Å². The van der Waals surface area contributed by atoms with Gasteiger partial charge in [-0.05, 0) is 44.5 Å². The van der Waals surface area contributed by atoms with Gasteiger partial charge in [0.15, 0.2) is 0 Å². The lowest BCUT2D eigenvalue weighted by Crippen LogP contribution is -2.42. The molecule has 3 aromatic heterocycles. The standard InChI is InChI=1S/C24H26N6O3/c1-14-9-18(17-5-6-20(27-11-17)23(31)25-4)10-21(28-14)22-13-30(7-8-33-22)24(32)19-12-26-16(3)29-15(19)2/h5-6,9-12,22H,7-8,13H2,1-4H3,(H,25,31)/t22-/m0/s1. The maximum Gasteiger partial charge on any atom is 0.269 e. The zero-order valence-electron chi connectivity index (χ0n) is 19.1. The van der Waals surface area contributed by atoms with Gasteiger partial charge in [0, 0.05) is 37.2 Å². The molecule has 170 valence electrons. The van der Waals surface area contributed by atoms with Crippen molar-refractivity contribution in [3.05, 3.63) is 70.8 Å². The molecular formula is C24H26N6O3. The second-order valence-corrected chi connectivity index (χ2v) is 7.96. The zero-order valence-corrected chi connectivity index (χ0v) is 19.1. The normalized spacial score (nSPS) is 15.9. The summed E-state index contributed by atoms with van der Waals surface area (Å²) in [4.78, 5) is 44.0. The molecule has 1 aliphatic heterocycles. The first-order valence-electron chi connectivity index (χ1n) is 10.7. The number of nitrogens with one attached hydrogen (secondary N) is 1. The molecule has 0 saturated carbocycles. The summed E-state index contributed by atoms with van der Waals surface area (Å²) in [7, 11) is 1.57. The van der Waals surface area contributed by atoms with Crippen LogP contribution in [0.1, 0.15) is 49.9 Å². The largest absolute Gasteiger partial charge is 0.368 e. The van der Waals surface area contributed by atoms with Crippen molar-refractivity contribution in [2.75, 3.05) is 26.7 Å². The number of carbonyl (C=O) groups is 2. The molecule has 9 nitrogen and oxygen atoms in total. The van der Waals surface area contributed by atoms with Gasteiger partial charge in [0.05, 0.1) is 30.1 Å². The Bertz CT molecular complexity index is 1200. The van der Waals surface area contributed by atoms with Crippen molar-refractivity contribution >= 4 is 11.8 Å². The fourth-order valence-electron chi connectivity index (χ4n) is 3.83. The molecule has 33 heavy (non-hydrogen) atoms. The summed E-state index contributed by atoms with van der Waals surface area (Å²) in [5, 5.41) is 2.56. The molecular weight excluding hydrogens is 420 g/mol. The van der Waals surface area contributed by atoms with Crippen molar-refractivity contribution in [2.24, 2.45) is 0 Å². The molecule has 3 aromatic rings. The first-order valence-corrected chi connectivity index (χ1v) is 10.7. The molecule has 1 saturated heterocycles. The van der Waals surface area contributed by atoms with Crippen LogP contribution in [0.2, 0.25) is 0 Å². The highest BCUT2D eigenvalue weighted by atomic mass is 16.5. The van der Waals surface area contributed by atoms with Crippen LogP contribution in [-0.4, -0.2) is 63.4 Å². The van der Waals surface area contributed by atoms with Crippen LogP contribution in [0.4, 0.5) is 0 Å². The Hall–Kier alpha value is -3.72. The topological polar surface area (TPSA) is 110 Å². The lowest BCUT2D eigenvalue weighted by molar-refractivity contribution is -0.0248. The van der Waals surface area contributed by atoms with Gasteiger partial charge in [0.2, 0.25) is 0 Å². The number of carbonyl (C=O) groups excluding carboxylic acids is 2. The Balaban J connectivity index is 1.57. The van der Waals surface area contributed by atoms with Gasteiger partial charge in [-0.3, -0.25) is 19.6 Å². The predicted octanol–water partition coefficient (Wildman–Crippen LogP) is 2.43. The molecule has 1 fully saturated rings. The number of rotatable bonds is 4. The van der Waals surface area contributed by atoms with Crippen molar-refractivity contribution in [1.82, 2.24) is 30.2 Å². The Morgan fingerprint density at radius 2 is 1.88 bits per heavy atom. The van der Waals surface area contributed by atoms with E-state index in [4.69, 9.17) is 4.74 Å². The van der Waals surface area contributed by atoms with Crippen LogP contribution in [-0.2, 0) is 4.74 Å². The van der Waals surface area contributed by atoms with E-state index in [1.165, 1.54) is 0 Å². The third-order valence-corrected chi connectivity index (χ3v) is 5.54. The van der Waals surface area contributed by atoms with Gasteiger partial charge in [-0.25, -0.2) is 9.97 Å². The second-order valence-electron chi connectivity index (χ2n) is 7.96. The van der Waals surface area contributed by atoms with E-state index in [1.54, 1.807) is 37.3 Å². The van der Waals surface area contributed by atoms with Crippen LogP contribution in [0.15, 0.2) is 36.7 Å². The van der Waals surface area contributed by atoms with Crippen molar-refractivity contribution < 1.29 is 14.3 Å². The minimum absolute atomic E-state index is 0.109. The van der Waals surface area contributed by atoms with E-state index in [-0.39, 0.29) is 17.9 Å². The molecule has 2 amide bonds. The highest BCUT2D eigenvalue weighted by Crippen LogP contribution is 2.27. The molecule has 9 heteroatoms. The zero-order chi connectivity index (χ0) is 23.5. The van der Waals surface area contributed by atoms with Crippen LogP contribution in [0.5, 0.6) is 0 Å². The van der Waals surface area contributed by atoms with Crippen LogP contribution < -0.4 is 5.32 Å². The van der Waals surface area contributed by atoms with E-state index < -0.39 is 0 Å². The number of nitrogens with zero attached hydrogens (tertiary/aromatic N) is 5. The van der Waals surface area contributed by atoms with E-state index >= 15 is 0 Å². The average molecular weight is 447 g/mol. The monoisotopic (exact) mass is 446 g/mol. The molecule has 4 rings (SSSR count). The van der Waals surface area contributed by atoms with E-state index in [1.807, 2.05) is 32.0 Å². The van der Waals surface area contributed by atoms with Crippen molar-refractivity contribution in [1.29, 1.82) is 0 Å². The van der Waals surface area contributed by atoms with Crippen LogP contribution in [0.25, 0.3) is 11.1 Å². The van der Waals surface area contributed by atoms with Crippen molar-refractivity contribution in [3.63, 3.8) is 0 Å². The summed E-state index contributed by atoms with van der Waals surface area (Å²) < 4.78 is 5.98. The van der Waals surface area contributed by atoms with E-state index in [2.05, 4.69) is 25.3 Å². The molecule has 4 heterocycles. The quantitative estimate of drug-likeness (QED) is 0.655. The maximum atomic E-state index is 13.1. The summed E-state index contributed by atoms with van der Waals surface area (Å²) in [6, 6.07) is 7.45. The molecule has 1 aliphatic rings. The first-order chi connectivity index (χ1) is 15.9. The third-order valence-electron chi connectivity index (χ3n) is 5.54. The number of hydrogen-bond acceptors (Lipinski definition) is 7. The Morgan fingerprint density at radius 1 is 1.06 bits per heavy atom. The summed E-state index contributed by atoms with van der Waals surface area (Å²) in [6.07, 6.45) is 2.90. The summed E-state index contributed by atoms with van der Waals surface area (Å²) >= 11 is 0. The number of aromatic nitrogens is 4. The van der Waals surface area contributed by atoms with Gasteiger partial charge < -0.3 is 15.0 Å². The van der Waals surface area contributed by atoms with Gasteiger partial charge >= 0.3 is 0 Å². The molecule has 1 atom stereocenters. The predicted molar refractivity (Wildman–Crippen MR) is 122 cm³/mol. The van der Waals surface area contributed by atoms with Gasteiger partial charge in [-0.15, -0.1) is 0 Å². The molecule has 0 radical (unpaired) electrons. The maximum absolute atomic E-state index is 13.1. The van der Waals surface area contributed by atoms with Crippen molar-refractivity contribution in [2.45, 2.75) is 26.9 Å². The van der Waals surface area contributed by atoms with Crippen LogP contribution in [0, 0.1) is 20.8 Å². The number of aryl methyl sites for hydroxylation is 3. The molecule has 0 spiro atoms. The number of ether oxygens (including phenoxy) is 1. The highest BCUT2D eigenvalue weighted by Gasteiger charge is 2.28. The number of hydrogen-bond donors (Lipinski definition) is 1. The van der Waals surface area contributed by atoms with Crippen molar-refractivity contribution in [3.8, 4) is 11.1 Å². The second kappa shape index (κ2) is 9.41. The molecule has 1 N–H and O–H groups in total.